The number of hydrogen-bond acceptors (Lipinski definition) is 4. The summed E-state index contributed by atoms with van der Waals surface area (Å²) in [6.45, 7) is 0. The SMILES string of the molecule is O=c1cc(-c2ccc(Br)c([N+](=O)[O-])c2)oc2ccccc12. The molecule has 1 aromatic heterocycles. The van der Waals surface area contributed by atoms with E-state index in [9.17, 15) is 14.9 Å². The zero-order valence-corrected chi connectivity index (χ0v) is 12.2. The summed E-state index contributed by atoms with van der Waals surface area (Å²) in [5.74, 6) is 0.300. The van der Waals surface area contributed by atoms with Gasteiger partial charge < -0.3 is 4.42 Å². The molecule has 0 saturated carbocycles. The first-order chi connectivity index (χ1) is 10.1. The lowest BCUT2D eigenvalue weighted by molar-refractivity contribution is -0.385. The number of nitro groups is 1. The van der Waals surface area contributed by atoms with E-state index in [4.69, 9.17) is 4.42 Å². The number of nitrogens with zero attached hydrogens (tertiary/aromatic N) is 1. The molecule has 2 aromatic carbocycles. The van der Waals surface area contributed by atoms with Crippen LogP contribution in [-0.4, -0.2) is 4.92 Å². The van der Waals surface area contributed by atoms with Crippen LogP contribution in [0.25, 0.3) is 22.3 Å². The minimum atomic E-state index is -0.493. The molecule has 0 N–H and O–H groups in total. The van der Waals surface area contributed by atoms with Crippen molar-refractivity contribution in [3.8, 4) is 11.3 Å². The fraction of sp³-hybridized carbons (Fsp3) is 0. The fourth-order valence-electron chi connectivity index (χ4n) is 2.05. The number of fused-ring (bicyclic) bond motifs is 1. The summed E-state index contributed by atoms with van der Waals surface area (Å²) in [6, 6.07) is 12.8. The van der Waals surface area contributed by atoms with Gasteiger partial charge in [0, 0.05) is 17.7 Å². The summed E-state index contributed by atoms with van der Waals surface area (Å²) >= 11 is 3.12. The smallest absolute Gasteiger partial charge is 0.284 e. The third-order valence-electron chi connectivity index (χ3n) is 3.06. The van der Waals surface area contributed by atoms with Crippen LogP contribution in [0.5, 0.6) is 0 Å². The van der Waals surface area contributed by atoms with Gasteiger partial charge in [0.15, 0.2) is 5.43 Å². The Balaban J connectivity index is 2.23. The average molecular weight is 346 g/mol. The van der Waals surface area contributed by atoms with E-state index in [-0.39, 0.29) is 11.1 Å². The highest BCUT2D eigenvalue weighted by atomic mass is 79.9. The number of rotatable bonds is 2. The molecule has 0 radical (unpaired) electrons. The second-order valence-corrected chi connectivity index (χ2v) is 5.25. The predicted molar refractivity (Wildman–Crippen MR) is 82.3 cm³/mol. The van der Waals surface area contributed by atoms with Gasteiger partial charge in [-0.15, -0.1) is 0 Å². The maximum Gasteiger partial charge on any atom is 0.284 e. The van der Waals surface area contributed by atoms with Crippen molar-refractivity contribution in [1.82, 2.24) is 0 Å². The molecule has 0 unspecified atom stereocenters. The third kappa shape index (κ3) is 2.45. The molecule has 0 spiro atoms. The molecule has 0 fully saturated rings. The van der Waals surface area contributed by atoms with Crippen LogP contribution < -0.4 is 5.43 Å². The lowest BCUT2D eigenvalue weighted by atomic mass is 10.1. The van der Waals surface area contributed by atoms with Crippen molar-refractivity contribution in [3.63, 3.8) is 0 Å². The van der Waals surface area contributed by atoms with Gasteiger partial charge in [0.05, 0.1) is 14.8 Å². The zero-order chi connectivity index (χ0) is 15.0. The minimum absolute atomic E-state index is 0.0803. The standard InChI is InChI=1S/C15H8BrNO4/c16-11-6-5-9(7-12(11)17(19)20)15-8-13(18)10-3-1-2-4-14(10)21-15/h1-8H. The summed E-state index contributed by atoms with van der Waals surface area (Å²) < 4.78 is 6.04. The van der Waals surface area contributed by atoms with Crippen LogP contribution in [0.15, 0.2) is 62.2 Å². The number of hydrogen-bond donors (Lipinski definition) is 0. The second kappa shape index (κ2) is 5.14. The molecule has 0 saturated heterocycles. The minimum Gasteiger partial charge on any atom is -0.456 e. The number of para-hydroxylation sites is 1. The molecule has 0 atom stereocenters. The van der Waals surface area contributed by atoms with Crippen molar-refractivity contribution in [2.75, 3.05) is 0 Å². The molecule has 5 nitrogen and oxygen atoms in total. The fourth-order valence-corrected chi connectivity index (χ4v) is 2.44. The first-order valence-corrected chi connectivity index (χ1v) is 6.83. The van der Waals surface area contributed by atoms with E-state index < -0.39 is 4.92 Å². The highest BCUT2D eigenvalue weighted by Gasteiger charge is 2.15. The van der Waals surface area contributed by atoms with Crippen LogP contribution in [0.4, 0.5) is 5.69 Å². The van der Waals surface area contributed by atoms with E-state index in [1.54, 1.807) is 36.4 Å². The van der Waals surface area contributed by atoms with Crippen LogP contribution in [0, 0.1) is 10.1 Å². The molecule has 1 heterocycles. The van der Waals surface area contributed by atoms with Gasteiger partial charge in [-0.3, -0.25) is 14.9 Å². The second-order valence-electron chi connectivity index (χ2n) is 4.39. The lowest BCUT2D eigenvalue weighted by Crippen LogP contribution is -2.00. The van der Waals surface area contributed by atoms with Crippen molar-refractivity contribution in [1.29, 1.82) is 0 Å². The first-order valence-electron chi connectivity index (χ1n) is 6.03. The first kappa shape index (κ1) is 13.5. The molecule has 6 heteroatoms. The third-order valence-corrected chi connectivity index (χ3v) is 3.73. The Morgan fingerprint density at radius 3 is 2.62 bits per heavy atom. The van der Waals surface area contributed by atoms with Gasteiger partial charge in [-0.25, -0.2) is 0 Å². The quantitative estimate of drug-likeness (QED) is 0.517. The topological polar surface area (TPSA) is 73.3 Å². The molecule has 104 valence electrons. The number of nitro benzene ring substituents is 1. The maximum atomic E-state index is 12.1. The van der Waals surface area contributed by atoms with Gasteiger partial charge in [-0.05, 0) is 40.2 Å². The summed E-state index contributed by atoms with van der Waals surface area (Å²) in [5, 5.41) is 11.4. The largest absolute Gasteiger partial charge is 0.456 e. The van der Waals surface area contributed by atoms with E-state index in [2.05, 4.69) is 15.9 Å². The average Bonchev–Trinajstić information content (AvgIpc) is 2.47. The van der Waals surface area contributed by atoms with E-state index >= 15 is 0 Å². The molecule has 0 aliphatic rings. The molecule has 0 amide bonds. The highest BCUT2D eigenvalue weighted by Crippen LogP contribution is 2.31. The van der Waals surface area contributed by atoms with E-state index in [1.165, 1.54) is 12.1 Å². The van der Waals surface area contributed by atoms with Crippen molar-refractivity contribution in [2.45, 2.75) is 0 Å². The maximum absolute atomic E-state index is 12.1. The Hall–Kier alpha value is -2.47. The van der Waals surface area contributed by atoms with Crippen LogP contribution in [0.1, 0.15) is 0 Å². The van der Waals surface area contributed by atoms with Gasteiger partial charge >= 0.3 is 0 Å². The van der Waals surface area contributed by atoms with Crippen LogP contribution in [-0.2, 0) is 0 Å². The van der Waals surface area contributed by atoms with E-state index in [0.29, 0.717) is 26.8 Å². The van der Waals surface area contributed by atoms with E-state index in [0.717, 1.165) is 0 Å². The summed E-state index contributed by atoms with van der Waals surface area (Å²) in [7, 11) is 0. The summed E-state index contributed by atoms with van der Waals surface area (Å²) in [4.78, 5) is 22.5. The molecular weight excluding hydrogens is 338 g/mol. The van der Waals surface area contributed by atoms with Gasteiger partial charge in [-0.1, -0.05) is 12.1 Å². The Morgan fingerprint density at radius 2 is 1.86 bits per heavy atom. The Bertz CT molecular complexity index is 917. The number of halogens is 1. The van der Waals surface area contributed by atoms with Crippen molar-refractivity contribution < 1.29 is 9.34 Å². The van der Waals surface area contributed by atoms with Gasteiger partial charge in [-0.2, -0.15) is 0 Å². The van der Waals surface area contributed by atoms with Crippen molar-refractivity contribution in [2.24, 2.45) is 0 Å². The van der Waals surface area contributed by atoms with Gasteiger partial charge in [0.1, 0.15) is 11.3 Å². The lowest BCUT2D eigenvalue weighted by Gasteiger charge is -2.04. The highest BCUT2D eigenvalue weighted by molar-refractivity contribution is 9.10. The van der Waals surface area contributed by atoms with Crippen molar-refractivity contribution in [3.05, 3.63) is 73.3 Å². The van der Waals surface area contributed by atoms with Gasteiger partial charge in [0.25, 0.3) is 5.69 Å². The molecule has 3 rings (SSSR count). The summed E-state index contributed by atoms with van der Waals surface area (Å²) in [5.41, 5.74) is 0.666. The molecule has 0 aliphatic heterocycles. The predicted octanol–water partition coefficient (Wildman–Crippen LogP) is 4.13. The van der Waals surface area contributed by atoms with Gasteiger partial charge in [0.2, 0.25) is 0 Å². The molecule has 0 aliphatic carbocycles. The summed E-state index contributed by atoms with van der Waals surface area (Å²) in [6.07, 6.45) is 0. The zero-order valence-electron chi connectivity index (χ0n) is 10.6. The van der Waals surface area contributed by atoms with Crippen LogP contribution >= 0.6 is 15.9 Å². The van der Waals surface area contributed by atoms with E-state index in [1.807, 2.05) is 0 Å². The van der Waals surface area contributed by atoms with Crippen molar-refractivity contribution >= 4 is 32.6 Å². The normalized spacial score (nSPS) is 10.7. The molecule has 3 aromatic rings. The van der Waals surface area contributed by atoms with Crippen LogP contribution in [0.2, 0.25) is 0 Å². The monoisotopic (exact) mass is 345 g/mol. The Morgan fingerprint density at radius 1 is 1.10 bits per heavy atom. The van der Waals surface area contributed by atoms with Crippen LogP contribution in [0.3, 0.4) is 0 Å². The number of benzene rings is 2. The molecule has 21 heavy (non-hydrogen) atoms. The molecular formula is C15H8BrNO4. The molecule has 0 bridgehead atoms. The Labute approximate surface area is 127 Å². The Kier molecular flexibility index (Phi) is 3.31.